The van der Waals surface area contributed by atoms with Crippen molar-refractivity contribution < 1.29 is 9.90 Å². The average Bonchev–Trinajstić information content (AvgIpc) is 2.44. The van der Waals surface area contributed by atoms with Gasteiger partial charge in [-0.2, -0.15) is 0 Å². The lowest BCUT2D eigenvalue weighted by Gasteiger charge is -1.90. The SMILES string of the molecule is Cc1nc2sccn2c1C(=O)O. The van der Waals surface area contributed by atoms with E-state index in [4.69, 9.17) is 5.11 Å². The van der Waals surface area contributed by atoms with Crippen LogP contribution in [0.15, 0.2) is 11.6 Å². The fourth-order valence-electron chi connectivity index (χ4n) is 1.15. The first-order chi connectivity index (χ1) is 5.70. The van der Waals surface area contributed by atoms with Gasteiger partial charge in [0.25, 0.3) is 0 Å². The molecule has 2 heterocycles. The molecule has 0 unspecified atom stereocenters. The number of aromatic nitrogens is 2. The maximum Gasteiger partial charge on any atom is 0.354 e. The van der Waals surface area contributed by atoms with Gasteiger partial charge in [0.15, 0.2) is 10.7 Å². The van der Waals surface area contributed by atoms with Crippen LogP contribution >= 0.6 is 11.3 Å². The summed E-state index contributed by atoms with van der Waals surface area (Å²) < 4.78 is 1.59. The topological polar surface area (TPSA) is 54.6 Å². The zero-order chi connectivity index (χ0) is 8.72. The Morgan fingerprint density at radius 2 is 2.50 bits per heavy atom. The predicted octanol–water partition coefficient (Wildman–Crippen LogP) is 1.40. The summed E-state index contributed by atoms with van der Waals surface area (Å²) in [4.78, 5) is 15.6. The highest BCUT2D eigenvalue weighted by molar-refractivity contribution is 7.15. The largest absolute Gasteiger partial charge is 0.477 e. The van der Waals surface area contributed by atoms with Crippen molar-refractivity contribution in [1.29, 1.82) is 0 Å². The molecule has 0 spiro atoms. The minimum Gasteiger partial charge on any atom is -0.477 e. The second-order valence-electron chi connectivity index (χ2n) is 2.41. The van der Waals surface area contributed by atoms with Crippen LogP contribution in [0.5, 0.6) is 0 Å². The lowest BCUT2D eigenvalue weighted by atomic mass is 10.3. The van der Waals surface area contributed by atoms with E-state index in [1.165, 1.54) is 11.3 Å². The number of hydrogen-bond acceptors (Lipinski definition) is 3. The van der Waals surface area contributed by atoms with Crippen LogP contribution in [0.2, 0.25) is 0 Å². The fraction of sp³-hybridized carbons (Fsp3) is 0.143. The number of imidazole rings is 1. The number of fused-ring (bicyclic) bond motifs is 1. The van der Waals surface area contributed by atoms with Crippen molar-refractivity contribution in [3.05, 3.63) is 23.0 Å². The molecule has 2 aromatic heterocycles. The Balaban J connectivity index is 2.84. The van der Waals surface area contributed by atoms with E-state index in [2.05, 4.69) is 4.98 Å². The summed E-state index contributed by atoms with van der Waals surface area (Å²) in [5, 5.41) is 10.6. The maximum atomic E-state index is 10.7. The maximum absolute atomic E-state index is 10.7. The molecule has 2 rings (SSSR count). The summed E-state index contributed by atoms with van der Waals surface area (Å²) in [5.41, 5.74) is 0.820. The third-order valence-electron chi connectivity index (χ3n) is 1.64. The molecule has 0 aliphatic heterocycles. The summed E-state index contributed by atoms with van der Waals surface area (Å²) >= 11 is 1.43. The monoisotopic (exact) mass is 182 g/mol. The first-order valence-corrected chi connectivity index (χ1v) is 4.23. The Bertz CT molecular complexity index is 443. The van der Waals surface area contributed by atoms with Crippen LogP contribution in [0, 0.1) is 6.92 Å². The summed E-state index contributed by atoms with van der Waals surface area (Å²) in [5.74, 6) is -0.932. The molecular weight excluding hydrogens is 176 g/mol. The molecule has 0 fully saturated rings. The Hall–Kier alpha value is -1.36. The summed E-state index contributed by atoms with van der Waals surface area (Å²) in [6, 6.07) is 0. The van der Waals surface area contributed by atoms with Crippen LogP contribution in [-0.4, -0.2) is 20.5 Å². The number of thiazole rings is 1. The molecule has 0 aliphatic carbocycles. The number of hydrogen-bond donors (Lipinski definition) is 1. The molecular formula is C7H6N2O2S. The highest BCUT2D eigenvalue weighted by atomic mass is 32.1. The van der Waals surface area contributed by atoms with Crippen LogP contribution < -0.4 is 0 Å². The van der Waals surface area contributed by atoms with Crippen molar-refractivity contribution in [3.8, 4) is 0 Å². The Kier molecular flexibility index (Phi) is 1.41. The zero-order valence-corrected chi connectivity index (χ0v) is 7.13. The van der Waals surface area contributed by atoms with E-state index in [0.29, 0.717) is 5.69 Å². The predicted molar refractivity (Wildman–Crippen MR) is 44.8 cm³/mol. The first kappa shape index (κ1) is 7.30. The van der Waals surface area contributed by atoms with Crippen molar-refractivity contribution in [2.75, 3.05) is 0 Å². The fourth-order valence-corrected chi connectivity index (χ4v) is 1.91. The van der Waals surface area contributed by atoms with E-state index < -0.39 is 5.97 Å². The minimum atomic E-state index is -0.932. The standard InChI is InChI=1S/C7H6N2O2S/c1-4-5(6(10)11)9-2-3-12-7(9)8-4/h2-3H,1H3,(H,10,11). The molecule has 0 saturated heterocycles. The van der Waals surface area contributed by atoms with Crippen LogP contribution in [0.1, 0.15) is 16.2 Å². The normalized spacial score (nSPS) is 10.8. The van der Waals surface area contributed by atoms with Crippen molar-refractivity contribution in [3.63, 3.8) is 0 Å². The molecule has 62 valence electrons. The highest BCUT2D eigenvalue weighted by Crippen LogP contribution is 2.16. The molecule has 1 N–H and O–H groups in total. The zero-order valence-electron chi connectivity index (χ0n) is 6.31. The van der Waals surface area contributed by atoms with Gasteiger partial charge < -0.3 is 5.11 Å². The molecule has 2 aromatic rings. The van der Waals surface area contributed by atoms with Gasteiger partial charge in [-0.05, 0) is 6.92 Å². The molecule has 12 heavy (non-hydrogen) atoms. The van der Waals surface area contributed by atoms with Gasteiger partial charge in [-0.3, -0.25) is 4.40 Å². The molecule has 0 saturated carbocycles. The van der Waals surface area contributed by atoms with Crippen LogP contribution in [0.3, 0.4) is 0 Å². The lowest BCUT2D eigenvalue weighted by Crippen LogP contribution is -2.01. The van der Waals surface area contributed by atoms with Gasteiger partial charge >= 0.3 is 5.97 Å². The van der Waals surface area contributed by atoms with Gasteiger partial charge in [0.2, 0.25) is 0 Å². The number of carboxylic acid groups (broad SMARTS) is 1. The van der Waals surface area contributed by atoms with Gasteiger partial charge in [0.05, 0.1) is 5.69 Å². The third kappa shape index (κ3) is 0.831. The summed E-state index contributed by atoms with van der Waals surface area (Å²) in [6.45, 7) is 1.70. The third-order valence-corrected chi connectivity index (χ3v) is 2.40. The van der Waals surface area contributed by atoms with Gasteiger partial charge in [-0.1, -0.05) is 0 Å². The second kappa shape index (κ2) is 2.31. The van der Waals surface area contributed by atoms with Gasteiger partial charge in [0, 0.05) is 11.6 Å². The molecule has 0 aliphatic rings. The number of carboxylic acids is 1. The van der Waals surface area contributed by atoms with Crippen molar-refractivity contribution in [1.82, 2.24) is 9.38 Å². The molecule has 0 radical (unpaired) electrons. The van der Waals surface area contributed by atoms with E-state index in [-0.39, 0.29) is 5.69 Å². The quantitative estimate of drug-likeness (QED) is 0.725. The molecule has 5 heteroatoms. The van der Waals surface area contributed by atoms with E-state index in [0.717, 1.165) is 4.96 Å². The summed E-state index contributed by atoms with van der Waals surface area (Å²) in [6.07, 6.45) is 1.71. The minimum absolute atomic E-state index is 0.256. The van der Waals surface area contributed by atoms with Gasteiger partial charge in [-0.25, -0.2) is 9.78 Å². The Labute approximate surface area is 72.1 Å². The number of aromatic carboxylic acids is 1. The number of aryl methyl sites for hydroxylation is 1. The number of carbonyl (C=O) groups is 1. The van der Waals surface area contributed by atoms with E-state index >= 15 is 0 Å². The molecule has 0 amide bonds. The van der Waals surface area contributed by atoms with Crippen LogP contribution in [-0.2, 0) is 0 Å². The van der Waals surface area contributed by atoms with Crippen molar-refractivity contribution >= 4 is 22.3 Å². The lowest BCUT2D eigenvalue weighted by molar-refractivity contribution is 0.0688. The smallest absolute Gasteiger partial charge is 0.354 e. The van der Waals surface area contributed by atoms with Crippen molar-refractivity contribution in [2.24, 2.45) is 0 Å². The number of nitrogens with zero attached hydrogens (tertiary/aromatic N) is 2. The first-order valence-electron chi connectivity index (χ1n) is 3.35. The van der Waals surface area contributed by atoms with Gasteiger partial charge in [-0.15, -0.1) is 11.3 Å². The van der Waals surface area contributed by atoms with Crippen LogP contribution in [0.4, 0.5) is 0 Å². The van der Waals surface area contributed by atoms with Crippen LogP contribution in [0.25, 0.3) is 4.96 Å². The Morgan fingerprint density at radius 3 is 3.17 bits per heavy atom. The van der Waals surface area contributed by atoms with E-state index in [1.807, 2.05) is 5.38 Å². The molecule has 0 aromatic carbocycles. The highest BCUT2D eigenvalue weighted by Gasteiger charge is 2.15. The summed E-state index contributed by atoms with van der Waals surface area (Å²) in [7, 11) is 0. The molecule has 4 nitrogen and oxygen atoms in total. The molecule has 0 bridgehead atoms. The average molecular weight is 182 g/mol. The number of rotatable bonds is 1. The van der Waals surface area contributed by atoms with Crippen molar-refractivity contribution in [2.45, 2.75) is 6.92 Å². The van der Waals surface area contributed by atoms with Gasteiger partial charge in [0.1, 0.15) is 0 Å². The second-order valence-corrected chi connectivity index (χ2v) is 3.28. The Morgan fingerprint density at radius 1 is 1.75 bits per heavy atom. The molecule has 0 atom stereocenters. The van der Waals surface area contributed by atoms with E-state index in [9.17, 15) is 4.79 Å². The van der Waals surface area contributed by atoms with E-state index in [1.54, 1.807) is 17.5 Å².